The second-order valence-electron chi connectivity index (χ2n) is 6.37. The van der Waals surface area contributed by atoms with E-state index in [9.17, 15) is 9.59 Å². The van der Waals surface area contributed by atoms with Gasteiger partial charge in [0.2, 0.25) is 11.8 Å². The van der Waals surface area contributed by atoms with Gasteiger partial charge in [0.25, 0.3) is 0 Å². The Balaban J connectivity index is 1.76. The smallest absolute Gasteiger partial charge is 0.229 e. The summed E-state index contributed by atoms with van der Waals surface area (Å²) in [5.41, 5.74) is 2.28. The SMILES string of the molecule is COc1cc(C)c(NC(=O)C2CC(=O)N(c3ccccc3Br)C2)cc1OC. The number of ether oxygens (including phenoxy) is 2. The minimum atomic E-state index is -0.419. The van der Waals surface area contributed by atoms with E-state index in [4.69, 9.17) is 9.47 Å². The summed E-state index contributed by atoms with van der Waals surface area (Å²) >= 11 is 3.46. The van der Waals surface area contributed by atoms with E-state index in [1.54, 1.807) is 25.2 Å². The van der Waals surface area contributed by atoms with Gasteiger partial charge in [0.15, 0.2) is 11.5 Å². The molecule has 7 heteroatoms. The molecule has 6 nitrogen and oxygen atoms in total. The van der Waals surface area contributed by atoms with Gasteiger partial charge in [-0.1, -0.05) is 12.1 Å². The lowest BCUT2D eigenvalue weighted by molar-refractivity contribution is -0.122. The number of nitrogens with zero attached hydrogens (tertiary/aromatic N) is 1. The average Bonchev–Trinajstić information content (AvgIpc) is 3.05. The Morgan fingerprint density at radius 3 is 2.52 bits per heavy atom. The summed E-state index contributed by atoms with van der Waals surface area (Å²) in [4.78, 5) is 26.8. The minimum Gasteiger partial charge on any atom is -0.493 e. The maximum Gasteiger partial charge on any atom is 0.229 e. The zero-order valence-electron chi connectivity index (χ0n) is 15.4. The highest BCUT2D eigenvalue weighted by Crippen LogP contribution is 2.34. The molecule has 1 aliphatic rings. The number of rotatable bonds is 5. The molecule has 1 aliphatic heterocycles. The first kappa shape index (κ1) is 19.2. The first-order valence-corrected chi connectivity index (χ1v) is 9.32. The molecule has 2 amide bonds. The van der Waals surface area contributed by atoms with Crippen molar-refractivity contribution in [2.45, 2.75) is 13.3 Å². The van der Waals surface area contributed by atoms with Crippen LogP contribution in [0.5, 0.6) is 11.5 Å². The van der Waals surface area contributed by atoms with E-state index in [-0.39, 0.29) is 18.2 Å². The van der Waals surface area contributed by atoms with Crippen LogP contribution < -0.4 is 19.7 Å². The topological polar surface area (TPSA) is 67.9 Å². The molecule has 142 valence electrons. The Hall–Kier alpha value is -2.54. The van der Waals surface area contributed by atoms with Gasteiger partial charge in [0, 0.05) is 29.2 Å². The molecular formula is C20H21BrN2O4. The highest BCUT2D eigenvalue weighted by Gasteiger charge is 2.36. The van der Waals surface area contributed by atoms with Crippen LogP contribution in [0.3, 0.4) is 0 Å². The Labute approximate surface area is 166 Å². The lowest BCUT2D eigenvalue weighted by Gasteiger charge is -2.18. The molecule has 0 bridgehead atoms. The van der Waals surface area contributed by atoms with Crippen LogP contribution in [0.1, 0.15) is 12.0 Å². The van der Waals surface area contributed by atoms with Crippen LogP contribution in [-0.2, 0) is 9.59 Å². The number of hydrogen-bond donors (Lipinski definition) is 1. The molecule has 1 fully saturated rings. The number of para-hydroxylation sites is 1. The van der Waals surface area contributed by atoms with Gasteiger partial charge >= 0.3 is 0 Å². The Morgan fingerprint density at radius 1 is 1.19 bits per heavy atom. The van der Waals surface area contributed by atoms with Crippen molar-refractivity contribution < 1.29 is 19.1 Å². The second kappa shape index (κ2) is 8.00. The van der Waals surface area contributed by atoms with Crippen LogP contribution in [0.4, 0.5) is 11.4 Å². The lowest BCUT2D eigenvalue weighted by atomic mass is 10.1. The standard InChI is InChI=1S/C20H21BrN2O4/c1-12-8-17(26-2)18(27-3)10-15(12)22-20(25)13-9-19(24)23(11-13)16-7-5-4-6-14(16)21/h4-8,10,13H,9,11H2,1-3H3,(H,22,25). The van der Waals surface area contributed by atoms with E-state index in [1.165, 1.54) is 0 Å². The van der Waals surface area contributed by atoms with E-state index in [1.807, 2.05) is 37.3 Å². The Morgan fingerprint density at radius 2 is 1.85 bits per heavy atom. The molecule has 27 heavy (non-hydrogen) atoms. The van der Waals surface area contributed by atoms with Crippen molar-refractivity contribution in [1.29, 1.82) is 0 Å². The van der Waals surface area contributed by atoms with Crippen LogP contribution in [0.15, 0.2) is 40.9 Å². The van der Waals surface area contributed by atoms with E-state index >= 15 is 0 Å². The zero-order valence-corrected chi connectivity index (χ0v) is 17.0. The largest absolute Gasteiger partial charge is 0.493 e. The Bertz CT molecular complexity index is 884. The molecule has 1 N–H and O–H groups in total. The van der Waals surface area contributed by atoms with Crippen molar-refractivity contribution in [2.75, 3.05) is 31.0 Å². The molecule has 0 saturated carbocycles. The van der Waals surface area contributed by atoms with Gasteiger partial charge < -0.3 is 19.7 Å². The van der Waals surface area contributed by atoms with Crippen LogP contribution in [0.2, 0.25) is 0 Å². The number of halogens is 1. The fraction of sp³-hybridized carbons (Fsp3) is 0.300. The number of hydrogen-bond acceptors (Lipinski definition) is 4. The lowest BCUT2D eigenvalue weighted by Crippen LogP contribution is -2.28. The van der Waals surface area contributed by atoms with Crippen LogP contribution in [0, 0.1) is 12.8 Å². The number of amides is 2. The first-order valence-electron chi connectivity index (χ1n) is 8.53. The average molecular weight is 433 g/mol. The molecule has 2 aromatic rings. The summed E-state index contributed by atoms with van der Waals surface area (Å²) in [6.45, 7) is 2.23. The predicted octanol–water partition coefficient (Wildman–Crippen LogP) is 3.77. The van der Waals surface area contributed by atoms with Crippen molar-refractivity contribution in [2.24, 2.45) is 5.92 Å². The van der Waals surface area contributed by atoms with Crippen LogP contribution in [0.25, 0.3) is 0 Å². The van der Waals surface area contributed by atoms with Crippen molar-refractivity contribution in [1.82, 2.24) is 0 Å². The fourth-order valence-corrected chi connectivity index (χ4v) is 3.64. The number of aryl methyl sites for hydroxylation is 1. The third-order valence-electron chi connectivity index (χ3n) is 4.63. The van der Waals surface area contributed by atoms with Gasteiger partial charge in [0.1, 0.15) is 0 Å². The number of nitrogens with one attached hydrogen (secondary N) is 1. The summed E-state index contributed by atoms with van der Waals surface area (Å²) in [5.74, 6) is 0.469. The molecule has 1 atom stereocenters. The highest BCUT2D eigenvalue weighted by molar-refractivity contribution is 9.10. The first-order chi connectivity index (χ1) is 12.9. The molecule has 1 saturated heterocycles. The van der Waals surface area contributed by atoms with E-state index in [0.717, 1.165) is 15.7 Å². The zero-order chi connectivity index (χ0) is 19.6. The van der Waals surface area contributed by atoms with Gasteiger partial charge in [-0.3, -0.25) is 9.59 Å². The van der Waals surface area contributed by atoms with Gasteiger partial charge in [0.05, 0.1) is 25.8 Å². The normalized spacial score (nSPS) is 16.4. The minimum absolute atomic E-state index is 0.0638. The van der Waals surface area contributed by atoms with Gasteiger partial charge in [-0.05, 0) is 46.6 Å². The Kier molecular flexibility index (Phi) is 5.70. The molecule has 0 aromatic heterocycles. The van der Waals surface area contributed by atoms with Crippen LogP contribution in [-0.4, -0.2) is 32.6 Å². The van der Waals surface area contributed by atoms with Crippen molar-refractivity contribution in [3.05, 3.63) is 46.4 Å². The maximum atomic E-state index is 12.8. The van der Waals surface area contributed by atoms with Crippen molar-refractivity contribution in [3.8, 4) is 11.5 Å². The van der Waals surface area contributed by atoms with Crippen molar-refractivity contribution in [3.63, 3.8) is 0 Å². The van der Waals surface area contributed by atoms with E-state index in [2.05, 4.69) is 21.2 Å². The quantitative estimate of drug-likeness (QED) is 0.780. The summed E-state index contributed by atoms with van der Waals surface area (Å²) in [7, 11) is 3.11. The molecule has 1 unspecified atom stereocenters. The van der Waals surface area contributed by atoms with E-state index in [0.29, 0.717) is 23.7 Å². The molecule has 0 aliphatic carbocycles. The predicted molar refractivity (Wildman–Crippen MR) is 108 cm³/mol. The number of methoxy groups -OCH3 is 2. The number of anilines is 2. The fourth-order valence-electron chi connectivity index (χ4n) is 3.14. The van der Waals surface area contributed by atoms with Crippen LogP contribution >= 0.6 is 15.9 Å². The summed E-state index contributed by atoms with van der Waals surface area (Å²) in [5, 5.41) is 2.92. The monoisotopic (exact) mass is 432 g/mol. The van der Waals surface area contributed by atoms with Gasteiger partial charge in [-0.15, -0.1) is 0 Å². The van der Waals surface area contributed by atoms with Gasteiger partial charge in [-0.2, -0.15) is 0 Å². The second-order valence-corrected chi connectivity index (χ2v) is 7.22. The third kappa shape index (κ3) is 3.93. The maximum absolute atomic E-state index is 12.8. The van der Waals surface area contributed by atoms with E-state index < -0.39 is 5.92 Å². The van der Waals surface area contributed by atoms with Crippen molar-refractivity contribution >= 4 is 39.1 Å². The number of benzene rings is 2. The summed E-state index contributed by atoms with van der Waals surface area (Å²) in [6.07, 6.45) is 0.180. The molecular weight excluding hydrogens is 412 g/mol. The molecule has 0 radical (unpaired) electrons. The number of carbonyl (C=O) groups excluding carboxylic acids is 2. The molecule has 2 aromatic carbocycles. The molecule has 1 heterocycles. The van der Waals surface area contributed by atoms with Gasteiger partial charge in [-0.25, -0.2) is 0 Å². The highest BCUT2D eigenvalue weighted by atomic mass is 79.9. The summed E-state index contributed by atoms with van der Waals surface area (Å²) in [6, 6.07) is 11.0. The molecule has 3 rings (SSSR count). The summed E-state index contributed by atoms with van der Waals surface area (Å²) < 4.78 is 11.4. The number of carbonyl (C=O) groups is 2. The third-order valence-corrected chi connectivity index (χ3v) is 5.30. The molecule has 0 spiro atoms.